The largest absolute Gasteiger partial charge is 0.495 e. The number of nitrogens with one attached hydrogen (secondary N) is 2. The number of unbranched alkanes of at least 4 members (excludes halogenated alkanes) is 1. The summed E-state index contributed by atoms with van der Waals surface area (Å²) in [6, 6.07) is 10.6. The van der Waals surface area contributed by atoms with Crippen LogP contribution in [0.15, 0.2) is 48.8 Å². The van der Waals surface area contributed by atoms with Crippen LogP contribution in [-0.2, 0) is 30.4 Å². The highest BCUT2D eigenvalue weighted by molar-refractivity contribution is 6.06. The third-order valence-corrected chi connectivity index (χ3v) is 14.6. The average molecular weight is 998 g/mol. The van der Waals surface area contributed by atoms with Gasteiger partial charge in [-0.1, -0.05) is 49.0 Å². The van der Waals surface area contributed by atoms with Gasteiger partial charge in [-0.2, -0.15) is 4.98 Å². The van der Waals surface area contributed by atoms with Gasteiger partial charge in [0.05, 0.1) is 37.8 Å². The third-order valence-electron chi connectivity index (χ3n) is 14.6. The van der Waals surface area contributed by atoms with Crippen LogP contribution in [0.4, 0.5) is 27.9 Å². The zero-order valence-corrected chi connectivity index (χ0v) is 42.8. The SMILES string of the molecule is CC[C@@H]1C(=O)N(C)c2cnc(Nc3ccc(-c4cn([C@H]5CC[C@@H](N(CCOCCCC#Cc6cccc7c6CN(C6CCC(=O)NC6=O)C7=O)C(=O)OC(C)(C)C)CC5)nn4)cc3OC)nc2N1C1CCCC1. The molecule has 3 fully saturated rings. The number of likely N-dealkylation sites (N-methyl/N-ethyl adjacent to an activating group) is 1. The third kappa shape index (κ3) is 11.1. The van der Waals surface area contributed by atoms with Gasteiger partial charge in [-0.15, -0.1) is 5.10 Å². The molecule has 4 aromatic rings. The van der Waals surface area contributed by atoms with E-state index in [1.807, 2.05) is 60.8 Å². The normalized spacial score (nSPS) is 21.1. The molecule has 0 bridgehead atoms. The Morgan fingerprint density at radius 3 is 2.52 bits per heavy atom. The molecule has 2 atom stereocenters. The maximum absolute atomic E-state index is 13.6. The van der Waals surface area contributed by atoms with E-state index in [9.17, 15) is 24.0 Å². The van der Waals surface area contributed by atoms with Gasteiger partial charge in [0.25, 0.3) is 5.91 Å². The molecule has 1 unspecified atom stereocenters. The number of carbonyl (C=O) groups excluding carboxylic acids is 5. The van der Waals surface area contributed by atoms with Crippen molar-refractivity contribution < 1.29 is 38.2 Å². The number of fused-ring (bicyclic) bond motifs is 2. The van der Waals surface area contributed by atoms with Crippen molar-refractivity contribution in [1.82, 2.24) is 40.1 Å². The van der Waals surface area contributed by atoms with Crippen molar-refractivity contribution in [2.24, 2.45) is 0 Å². The number of imide groups is 1. The molecule has 1 saturated heterocycles. The second-order valence-electron chi connectivity index (χ2n) is 20.6. The van der Waals surface area contributed by atoms with Gasteiger partial charge in [-0.05, 0) is 108 Å². The van der Waals surface area contributed by atoms with E-state index in [4.69, 9.17) is 19.2 Å². The zero-order valence-electron chi connectivity index (χ0n) is 42.8. The molecule has 2 N–H and O–H groups in total. The number of rotatable bonds is 15. The molecule has 386 valence electrons. The van der Waals surface area contributed by atoms with Crippen LogP contribution in [0.3, 0.4) is 0 Å². The standard InChI is InChI=1S/C54H67N11O8/c1-7-43-51(69)61(5)45-31-55-52(58-48(45)65(43)38-16-10-11-17-38)56-41-24-19-35(30-46(41)71-6)42-33-64(60-59-42)37-22-20-36(21-23-37)62(53(70)73-54(2,3)4)27-29-72-28-12-8-9-14-34-15-13-18-39-40(34)32-63(50(39)68)44-25-26-47(66)57-49(44)67/h13,15,18-19,24,30-31,33,36-38,43-44H,7-8,10-12,16-17,20-23,25-29,32H2,1-6H3,(H,55,56,58)(H,57,66,67)/t36-,37+,43-,44?/m1/s1. The van der Waals surface area contributed by atoms with Gasteiger partial charge in [-0.25, -0.2) is 14.5 Å². The lowest BCUT2D eigenvalue weighted by atomic mass is 9.90. The summed E-state index contributed by atoms with van der Waals surface area (Å²) in [6.07, 6.45) is 13.3. The predicted molar refractivity (Wildman–Crippen MR) is 273 cm³/mol. The Balaban J connectivity index is 0.772. The number of aromatic nitrogens is 5. The molecule has 0 radical (unpaired) electrons. The first kappa shape index (κ1) is 50.9. The first-order valence-corrected chi connectivity index (χ1v) is 25.8. The maximum atomic E-state index is 13.6. The molecule has 19 nitrogen and oxygen atoms in total. The smallest absolute Gasteiger partial charge is 0.410 e. The molecule has 19 heteroatoms. The van der Waals surface area contributed by atoms with E-state index in [2.05, 4.69) is 49.6 Å². The fourth-order valence-electron chi connectivity index (χ4n) is 10.9. The van der Waals surface area contributed by atoms with E-state index < -0.39 is 17.6 Å². The molecular weight excluding hydrogens is 931 g/mol. The van der Waals surface area contributed by atoms with Crippen LogP contribution in [0.5, 0.6) is 5.75 Å². The van der Waals surface area contributed by atoms with Crippen LogP contribution in [0.25, 0.3) is 11.3 Å². The molecule has 0 spiro atoms. The van der Waals surface area contributed by atoms with Gasteiger partial charge in [0.15, 0.2) is 5.82 Å². The molecule has 5 heterocycles. The molecule has 2 aliphatic carbocycles. The van der Waals surface area contributed by atoms with Crippen molar-refractivity contribution in [3.63, 3.8) is 0 Å². The lowest BCUT2D eigenvalue weighted by Crippen LogP contribution is -2.55. The Bertz CT molecular complexity index is 2780. The first-order valence-electron chi connectivity index (χ1n) is 25.8. The number of hydrogen-bond acceptors (Lipinski definition) is 14. The summed E-state index contributed by atoms with van der Waals surface area (Å²) in [7, 11) is 3.42. The van der Waals surface area contributed by atoms with Gasteiger partial charge in [0.1, 0.15) is 34.8 Å². The number of benzene rings is 2. The fraction of sp³-hybridized carbons (Fsp3) is 0.537. The fourth-order valence-corrected chi connectivity index (χ4v) is 10.9. The van der Waals surface area contributed by atoms with Crippen LogP contribution < -0.4 is 25.2 Å². The summed E-state index contributed by atoms with van der Waals surface area (Å²) in [6.45, 7) is 9.13. The molecule has 5 aliphatic rings. The van der Waals surface area contributed by atoms with Crippen molar-refractivity contribution in [2.45, 2.75) is 154 Å². The summed E-state index contributed by atoms with van der Waals surface area (Å²) in [5, 5.41) is 14.8. The van der Waals surface area contributed by atoms with E-state index in [-0.39, 0.29) is 60.9 Å². The topological polar surface area (TPSA) is 207 Å². The summed E-state index contributed by atoms with van der Waals surface area (Å²) in [5.74, 6) is 7.30. The van der Waals surface area contributed by atoms with Gasteiger partial charge < -0.3 is 39.1 Å². The molecular formula is C54H67N11O8. The molecule has 73 heavy (non-hydrogen) atoms. The number of anilines is 4. The summed E-state index contributed by atoms with van der Waals surface area (Å²) in [4.78, 5) is 81.3. The molecule has 2 aromatic heterocycles. The summed E-state index contributed by atoms with van der Waals surface area (Å²) in [5.41, 5.74) is 4.38. The first-order chi connectivity index (χ1) is 35.2. The number of hydrogen-bond donors (Lipinski definition) is 2. The van der Waals surface area contributed by atoms with Crippen LogP contribution >= 0.6 is 0 Å². The highest BCUT2D eigenvalue weighted by atomic mass is 16.6. The number of nitrogens with zero attached hydrogens (tertiary/aromatic N) is 9. The Kier molecular flexibility index (Phi) is 15.3. The van der Waals surface area contributed by atoms with Crippen molar-refractivity contribution in [2.75, 3.05) is 49.0 Å². The Morgan fingerprint density at radius 2 is 1.78 bits per heavy atom. The van der Waals surface area contributed by atoms with Gasteiger partial charge in [0, 0.05) is 68.4 Å². The Morgan fingerprint density at radius 1 is 0.986 bits per heavy atom. The Labute approximate surface area is 426 Å². The minimum absolute atomic E-state index is 0.0281. The van der Waals surface area contributed by atoms with Crippen LogP contribution in [0.2, 0.25) is 0 Å². The average Bonchev–Trinajstić information content (AvgIpc) is 4.16. The quantitative estimate of drug-likeness (QED) is 0.0680. The van der Waals surface area contributed by atoms with E-state index in [1.54, 1.807) is 37.4 Å². The highest BCUT2D eigenvalue weighted by Gasteiger charge is 2.42. The van der Waals surface area contributed by atoms with Crippen molar-refractivity contribution in [3.8, 4) is 28.8 Å². The number of amides is 5. The second-order valence-corrected chi connectivity index (χ2v) is 20.6. The van der Waals surface area contributed by atoms with Gasteiger partial charge in [-0.3, -0.25) is 24.5 Å². The van der Waals surface area contributed by atoms with Gasteiger partial charge in [0.2, 0.25) is 23.7 Å². The zero-order chi connectivity index (χ0) is 51.4. The van der Waals surface area contributed by atoms with E-state index in [0.29, 0.717) is 79.8 Å². The van der Waals surface area contributed by atoms with Crippen LogP contribution in [0.1, 0.15) is 139 Å². The minimum atomic E-state index is -0.678. The maximum Gasteiger partial charge on any atom is 0.410 e. The van der Waals surface area contributed by atoms with Gasteiger partial charge >= 0.3 is 6.09 Å². The van der Waals surface area contributed by atoms with Crippen molar-refractivity contribution in [3.05, 3.63) is 65.5 Å². The predicted octanol–water partition coefficient (Wildman–Crippen LogP) is 7.32. The molecule has 3 aliphatic heterocycles. The lowest BCUT2D eigenvalue weighted by molar-refractivity contribution is -0.137. The molecule has 2 aromatic carbocycles. The summed E-state index contributed by atoms with van der Waals surface area (Å²) < 4.78 is 19.7. The van der Waals surface area contributed by atoms with Crippen LogP contribution in [-0.4, -0.2) is 128 Å². The monoisotopic (exact) mass is 998 g/mol. The molecule has 2 saturated carbocycles. The van der Waals surface area contributed by atoms with Crippen molar-refractivity contribution >= 4 is 52.9 Å². The van der Waals surface area contributed by atoms with Crippen LogP contribution in [0, 0.1) is 11.8 Å². The minimum Gasteiger partial charge on any atom is -0.495 e. The Hall–Kier alpha value is -7.07. The number of ether oxygens (including phenoxy) is 3. The van der Waals surface area contributed by atoms with E-state index in [0.717, 1.165) is 73.9 Å². The molecule has 5 amide bonds. The van der Waals surface area contributed by atoms with Crippen molar-refractivity contribution in [1.29, 1.82) is 0 Å². The summed E-state index contributed by atoms with van der Waals surface area (Å²) >= 11 is 0. The number of carbonyl (C=O) groups is 5. The number of methoxy groups -OCH3 is 1. The van der Waals surface area contributed by atoms with E-state index in [1.165, 1.54) is 4.90 Å². The lowest BCUT2D eigenvalue weighted by Gasteiger charge is -2.43. The number of piperidine rings is 1. The van der Waals surface area contributed by atoms with E-state index >= 15 is 0 Å². The molecule has 9 rings (SSSR count). The highest BCUT2D eigenvalue weighted by Crippen LogP contribution is 2.41. The second kappa shape index (κ2) is 22.0.